The van der Waals surface area contributed by atoms with Gasteiger partial charge in [-0.1, -0.05) is 28.1 Å². The minimum atomic E-state index is -3.17. The maximum Gasteiger partial charge on any atom is 0.180 e. The Hall–Kier alpha value is -0.390. The molecule has 1 aliphatic heterocycles. The summed E-state index contributed by atoms with van der Waals surface area (Å²) >= 11 is 3.61. The van der Waals surface area contributed by atoms with E-state index in [1.807, 2.05) is 12.1 Å². The fraction of sp³-hybridized carbons (Fsp3) is 0.500. The number of hydrogen-bond donors (Lipinski definition) is 0. The molecule has 0 bridgehead atoms. The molecule has 3 nitrogen and oxygen atoms in total. The summed E-state index contributed by atoms with van der Waals surface area (Å²) in [6.45, 7) is 4.64. The fourth-order valence-electron chi connectivity index (χ4n) is 1.66. The molecule has 1 saturated heterocycles. The van der Waals surface area contributed by atoms with Crippen LogP contribution in [0.15, 0.2) is 29.2 Å². The van der Waals surface area contributed by atoms with Crippen molar-refractivity contribution in [1.29, 1.82) is 0 Å². The van der Waals surface area contributed by atoms with Gasteiger partial charge >= 0.3 is 0 Å². The van der Waals surface area contributed by atoms with Gasteiger partial charge in [-0.2, -0.15) is 0 Å². The smallest absolute Gasteiger partial charge is 0.180 e. The second kappa shape index (κ2) is 4.37. The molecule has 0 aliphatic carbocycles. The van der Waals surface area contributed by atoms with Crippen LogP contribution in [0, 0.1) is 0 Å². The van der Waals surface area contributed by atoms with Crippen LogP contribution in [0.4, 0.5) is 0 Å². The lowest BCUT2D eigenvalue weighted by atomic mass is 9.98. The van der Waals surface area contributed by atoms with Crippen molar-refractivity contribution in [2.75, 3.05) is 13.2 Å². The third-order valence-electron chi connectivity index (χ3n) is 2.98. The van der Waals surface area contributed by atoms with Gasteiger partial charge in [0.05, 0.1) is 27.7 Å². The van der Waals surface area contributed by atoms with E-state index in [9.17, 15) is 8.42 Å². The zero-order valence-electron chi connectivity index (χ0n) is 9.81. The van der Waals surface area contributed by atoms with Crippen molar-refractivity contribution >= 4 is 25.8 Å². The van der Waals surface area contributed by atoms with Gasteiger partial charge in [0.2, 0.25) is 0 Å². The average molecular weight is 319 g/mol. The van der Waals surface area contributed by atoms with Gasteiger partial charge in [0.25, 0.3) is 0 Å². The minimum Gasteiger partial charge on any atom is -0.378 e. The maximum absolute atomic E-state index is 11.9. The zero-order chi connectivity index (χ0) is 12.7. The normalized spacial score (nSPS) is 19.1. The van der Waals surface area contributed by atoms with Crippen LogP contribution in [0.1, 0.15) is 19.4 Å². The van der Waals surface area contributed by atoms with Crippen molar-refractivity contribution in [3.05, 3.63) is 29.8 Å². The Morgan fingerprint density at radius 2 is 1.76 bits per heavy atom. The molecule has 0 saturated carbocycles. The molecule has 1 aliphatic rings. The second-order valence-electron chi connectivity index (χ2n) is 4.58. The molecule has 0 unspecified atom stereocenters. The highest BCUT2D eigenvalue weighted by atomic mass is 79.9. The van der Waals surface area contributed by atoms with Gasteiger partial charge in [0.15, 0.2) is 9.84 Å². The number of rotatable bonds is 3. The number of sulfone groups is 1. The van der Waals surface area contributed by atoms with Gasteiger partial charge in [-0.25, -0.2) is 8.42 Å². The summed E-state index contributed by atoms with van der Waals surface area (Å²) in [4.78, 5) is 0.382. The first-order valence-electron chi connectivity index (χ1n) is 5.47. The van der Waals surface area contributed by atoms with Crippen LogP contribution < -0.4 is 0 Å². The van der Waals surface area contributed by atoms with Crippen molar-refractivity contribution in [1.82, 2.24) is 0 Å². The summed E-state index contributed by atoms with van der Waals surface area (Å²) in [5.41, 5.74) is 1.06. The highest BCUT2D eigenvalue weighted by molar-refractivity contribution is 9.09. The molecule has 1 aromatic rings. The molecule has 1 fully saturated rings. The lowest BCUT2D eigenvalue weighted by Crippen LogP contribution is -2.40. The molecule has 94 valence electrons. The fourth-order valence-corrected chi connectivity index (χ4v) is 3.31. The van der Waals surface area contributed by atoms with E-state index < -0.39 is 15.1 Å². The number of ether oxygens (including phenoxy) is 1. The lowest BCUT2D eigenvalue weighted by molar-refractivity contribution is -0.00700. The summed E-state index contributed by atoms with van der Waals surface area (Å²) in [5.74, 6) is 0. The summed E-state index contributed by atoms with van der Waals surface area (Å²) in [6.07, 6.45) is 0. The van der Waals surface area contributed by atoms with Crippen LogP contribution in [-0.4, -0.2) is 26.9 Å². The predicted molar refractivity (Wildman–Crippen MR) is 70.2 cm³/mol. The third-order valence-corrected chi connectivity index (χ3v) is 6.07. The first-order chi connectivity index (χ1) is 7.86. The summed E-state index contributed by atoms with van der Waals surface area (Å²) < 4.78 is 28.9. The Balaban J connectivity index is 2.31. The van der Waals surface area contributed by atoms with Crippen molar-refractivity contribution in [2.45, 2.75) is 28.3 Å². The number of hydrogen-bond acceptors (Lipinski definition) is 3. The largest absolute Gasteiger partial charge is 0.378 e. The van der Waals surface area contributed by atoms with Gasteiger partial charge in [0.1, 0.15) is 0 Å². The van der Waals surface area contributed by atoms with Crippen molar-refractivity contribution < 1.29 is 13.2 Å². The molecule has 1 aromatic carbocycles. The van der Waals surface area contributed by atoms with Crippen LogP contribution in [0.5, 0.6) is 0 Å². The minimum absolute atomic E-state index is 0.132. The van der Waals surface area contributed by atoms with E-state index in [4.69, 9.17) is 4.74 Å². The van der Waals surface area contributed by atoms with Crippen LogP contribution in [0.25, 0.3) is 0 Å². The van der Waals surface area contributed by atoms with E-state index in [2.05, 4.69) is 15.9 Å². The first kappa shape index (κ1) is 13.1. The van der Waals surface area contributed by atoms with Gasteiger partial charge in [-0.05, 0) is 31.5 Å². The lowest BCUT2D eigenvalue weighted by Gasteiger charge is -2.36. The summed E-state index contributed by atoms with van der Waals surface area (Å²) in [7, 11) is -3.17. The summed E-state index contributed by atoms with van der Waals surface area (Å²) in [6, 6.07) is 7.05. The number of benzene rings is 1. The Labute approximate surface area is 110 Å². The molecule has 1 heterocycles. The SMILES string of the molecule is CC(C)S(=O)(=O)c1ccc(C2(Br)COC2)cc1. The molecule has 0 aromatic heterocycles. The van der Waals surface area contributed by atoms with Crippen LogP contribution in [0.2, 0.25) is 0 Å². The molecule has 17 heavy (non-hydrogen) atoms. The molecule has 0 spiro atoms. The van der Waals surface area contributed by atoms with E-state index in [1.54, 1.807) is 26.0 Å². The molecular formula is C12H15BrO3S. The Bertz CT molecular complexity index is 501. The van der Waals surface area contributed by atoms with Crippen LogP contribution in [-0.2, 0) is 18.9 Å². The van der Waals surface area contributed by atoms with E-state index in [1.165, 1.54) is 0 Å². The number of halogens is 1. The molecule has 5 heteroatoms. The molecule has 0 radical (unpaired) electrons. The van der Waals surface area contributed by atoms with Gasteiger partial charge in [-0.15, -0.1) is 0 Å². The second-order valence-corrected chi connectivity index (χ2v) is 8.60. The monoisotopic (exact) mass is 318 g/mol. The molecule has 0 N–H and O–H groups in total. The van der Waals surface area contributed by atoms with Crippen molar-refractivity contribution in [3.8, 4) is 0 Å². The molecule has 0 amide bonds. The van der Waals surface area contributed by atoms with Crippen molar-refractivity contribution in [3.63, 3.8) is 0 Å². The Kier molecular flexibility index (Phi) is 3.36. The van der Waals surface area contributed by atoms with E-state index >= 15 is 0 Å². The van der Waals surface area contributed by atoms with Crippen molar-refractivity contribution in [2.24, 2.45) is 0 Å². The molecular weight excluding hydrogens is 304 g/mol. The molecule has 0 atom stereocenters. The van der Waals surface area contributed by atoms with Crippen LogP contribution in [0.3, 0.4) is 0 Å². The van der Waals surface area contributed by atoms with E-state index in [0.29, 0.717) is 18.1 Å². The Morgan fingerprint density at radius 3 is 2.12 bits per heavy atom. The topological polar surface area (TPSA) is 43.4 Å². The summed E-state index contributed by atoms with van der Waals surface area (Å²) in [5, 5.41) is -0.390. The predicted octanol–water partition coefficient (Wildman–Crippen LogP) is 2.49. The Morgan fingerprint density at radius 1 is 1.24 bits per heavy atom. The standard InChI is InChI=1S/C12H15BrO3S/c1-9(2)17(14,15)11-5-3-10(4-6-11)12(13)7-16-8-12/h3-6,9H,7-8H2,1-2H3. The van der Waals surface area contributed by atoms with Gasteiger partial charge in [0, 0.05) is 0 Å². The number of alkyl halides is 1. The van der Waals surface area contributed by atoms with E-state index in [-0.39, 0.29) is 4.32 Å². The average Bonchev–Trinajstić information content (AvgIpc) is 2.26. The first-order valence-corrected chi connectivity index (χ1v) is 7.81. The van der Waals surface area contributed by atoms with Crippen LogP contribution >= 0.6 is 15.9 Å². The highest BCUT2D eigenvalue weighted by Gasteiger charge is 2.37. The van der Waals surface area contributed by atoms with E-state index in [0.717, 1.165) is 5.56 Å². The highest BCUT2D eigenvalue weighted by Crippen LogP contribution is 2.38. The van der Waals surface area contributed by atoms with Gasteiger partial charge < -0.3 is 4.74 Å². The zero-order valence-corrected chi connectivity index (χ0v) is 12.2. The van der Waals surface area contributed by atoms with Gasteiger partial charge in [-0.3, -0.25) is 0 Å². The molecule has 2 rings (SSSR count). The maximum atomic E-state index is 11.9. The quantitative estimate of drug-likeness (QED) is 0.804. The third kappa shape index (κ3) is 2.28.